The minimum atomic E-state index is -1.75. The third-order valence-corrected chi connectivity index (χ3v) is 1.55. The second-order valence-corrected chi connectivity index (χ2v) is 2.30. The smallest absolute Gasteiger partial charge is 0.205 e. The number of benzene rings is 1. The summed E-state index contributed by atoms with van der Waals surface area (Å²) in [6, 6.07) is 2.50. The minimum absolute atomic E-state index is 0.788. The molecular formula is C8H2F2N2O2. The molecule has 0 aliphatic carbocycles. The van der Waals surface area contributed by atoms with Gasteiger partial charge in [-0.1, -0.05) is 0 Å². The molecule has 1 aromatic carbocycles. The standard InChI is InChI=1S/C8H2F2N2O2/c9-5-3(1-11)4(2-12)7(13)8(14)6(5)10/h13-14H. The van der Waals surface area contributed by atoms with Crippen molar-refractivity contribution in [1.29, 1.82) is 10.5 Å². The van der Waals surface area contributed by atoms with Crippen LogP contribution in [-0.2, 0) is 0 Å². The van der Waals surface area contributed by atoms with E-state index in [4.69, 9.17) is 20.7 Å². The molecule has 0 amide bonds. The van der Waals surface area contributed by atoms with E-state index in [1.807, 2.05) is 0 Å². The fraction of sp³-hybridized carbons (Fsp3) is 0. The molecule has 0 aliphatic rings. The quantitative estimate of drug-likeness (QED) is 0.608. The Hall–Kier alpha value is -2.34. The number of aromatic hydroxyl groups is 2. The molecule has 0 aliphatic heterocycles. The van der Waals surface area contributed by atoms with Crippen molar-refractivity contribution in [3.63, 3.8) is 0 Å². The first-order chi connectivity index (χ1) is 6.54. The van der Waals surface area contributed by atoms with Gasteiger partial charge in [0.05, 0.1) is 0 Å². The van der Waals surface area contributed by atoms with Crippen LogP contribution in [0.5, 0.6) is 11.5 Å². The summed E-state index contributed by atoms with van der Waals surface area (Å²) in [5.41, 5.74) is -1.72. The third kappa shape index (κ3) is 1.10. The maximum atomic E-state index is 12.9. The van der Waals surface area contributed by atoms with Gasteiger partial charge in [-0.2, -0.15) is 14.9 Å². The molecule has 0 unspecified atom stereocenters. The monoisotopic (exact) mass is 196 g/mol. The van der Waals surface area contributed by atoms with Gasteiger partial charge in [0, 0.05) is 0 Å². The van der Waals surface area contributed by atoms with Gasteiger partial charge in [-0.15, -0.1) is 0 Å². The van der Waals surface area contributed by atoms with Crippen molar-refractivity contribution in [2.24, 2.45) is 0 Å². The van der Waals surface area contributed by atoms with Gasteiger partial charge in [0.15, 0.2) is 17.3 Å². The van der Waals surface area contributed by atoms with E-state index in [9.17, 15) is 8.78 Å². The summed E-state index contributed by atoms with van der Waals surface area (Å²) in [6.45, 7) is 0. The first-order valence-corrected chi connectivity index (χ1v) is 3.27. The van der Waals surface area contributed by atoms with Crippen LogP contribution in [0.4, 0.5) is 8.78 Å². The Morgan fingerprint density at radius 2 is 1.36 bits per heavy atom. The Morgan fingerprint density at radius 3 is 1.79 bits per heavy atom. The molecule has 0 spiro atoms. The fourth-order valence-corrected chi connectivity index (χ4v) is 0.878. The number of rotatable bonds is 0. The van der Waals surface area contributed by atoms with E-state index in [1.165, 1.54) is 12.1 Å². The van der Waals surface area contributed by atoms with Gasteiger partial charge in [0.2, 0.25) is 5.82 Å². The zero-order chi connectivity index (χ0) is 10.9. The fourth-order valence-electron chi connectivity index (χ4n) is 0.878. The molecular weight excluding hydrogens is 194 g/mol. The zero-order valence-electron chi connectivity index (χ0n) is 6.54. The zero-order valence-corrected chi connectivity index (χ0v) is 6.54. The highest BCUT2D eigenvalue weighted by molar-refractivity contribution is 5.60. The molecule has 4 nitrogen and oxygen atoms in total. The summed E-state index contributed by atoms with van der Waals surface area (Å²) in [5, 5.41) is 34.6. The lowest BCUT2D eigenvalue weighted by atomic mass is 10.1. The maximum absolute atomic E-state index is 12.9. The molecule has 0 saturated heterocycles. The Kier molecular flexibility index (Phi) is 2.22. The number of phenolic OH excluding ortho intramolecular Hbond substituents is 2. The lowest BCUT2D eigenvalue weighted by Gasteiger charge is -2.04. The van der Waals surface area contributed by atoms with Gasteiger partial charge in [0.25, 0.3) is 0 Å². The molecule has 0 fully saturated rings. The first kappa shape index (κ1) is 9.75. The van der Waals surface area contributed by atoms with Gasteiger partial charge in [-0.25, -0.2) is 4.39 Å². The summed E-state index contributed by atoms with van der Waals surface area (Å²) in [4.78, 5) is 0. The Bertz CT molecular complexity index is 441. The van der Waals surface area contributed by atoms with E-state index >= 15 is 0 Å². The van der Waals surface area contributed by atoms with Gasteiger partial charge >= 0.3 is 0 Å². The van der Waals surface area contributed by atoms with Crippen LogP contribution < -0.4 is 0 Å². The highest BCUT2D eigenvalue weighted by Crippen LogP contribution is 2.35. The molecule has 0 aromatic heterocycles. The average molecular weight is 196 g/mol. The van der Waals surface area contributed by atoms with E-state index in [2.05, 4.69) is 0 Å². The second kappa shape index (κ2) is 3.19. The Balaban J connectivity index is 3.79. The Labute approximate surface area is 76.9 Å². The summed E-state index contributed by atoms with van der Waals surface area (Å²) in [7, 11) is 0. The number of nitriles is 2. The van der Waals surface area contributed by atoms with Gasteiger partial charge < -0.3 is 10.2 Å². The summed E-state index contributed by atoms with van der Waals surface area (Å²) in [5.74, 6) is -5.92. The lowest BCUT2D eigenvalue weighted by Crippen LogP contribution is -1.96. The van der Waals surface area contributed by atoms with Gasteiger partial charge in [-0.3, -0.25) is 0 Å². The number of hydrogen-bond donors (Lipinski definition) is 2. The van der Waals surface area contributed by atoms with Crippen molar-refractivity contribution in [2.75, 3.05) is 0 Å². The highest BCUT2D eigenvalue weighted by Gasteiger charge is 2.23. The predicted octanol–water partition coefficient (Wildman–Crippen LogP) is 1.12. The first-order valence-electron chi connectivity index (χ1n) is 3.27. The van der Waals surface area contributed by atoms with Gasteiger partial charge in [-0.05, 0) is 0 Å². The molecule has 0 atom stereocenters. The predicted molar refractivity (Wildman–Crippen MR) is 39.1 cm³/mol. The molecule has 1 rings (SSSR count). The molecule has 0 radical (unpaired) electrons. The van der Waals surface area contributed by atoms with Crippen LogP contribution in [0.1, 0.15) is 11.1 Å². The van der Waals surface area contributed by atoms with Crippen LogP contribution in [0, 0.1) is 34.3 Å². The topological polar surface area (TPSA) is 88.0 Å². The normalized spacial score (nSPS) is 9.14. The second-order valence-electron chi connectivity index (χ2n) is 2.30. The van der Waals surface area contributed by atoms with E-state index in [0.717, 1.165) is 0 Å². The summed E-state index contributed by atoms with van der Waals surface area (Å²) < 4.78 is 25.6. The molecule has 0 saturated carbocycles. The molecule has 1 aromatic rings. The van der Waals surface area contributed by atoms with Crippen molar-refractivity contribution in [1.82, 2.24) is 0 Å². The molecule has 14 heavy (non-hydrogen) atoms. The van der Waals surface area contributed by atoms with Gasteiger partial charge in [0.1, 0.15) is 23.3 Å². The SMILES string of the molecule is N#Cc1c(O)c(O)c(F)c(F)c1C#N. The van der Waals surface area contributed by atoms with Crippen molar-refractivity contribution in [2.45, 2.75) is 0 Å². The molecule has 0 heterocycles. The van der Waals surface area contributed by atoms with Crippen molar-refractivity contribution in [3.8, 4) is 23.6 Å². The molecule has 6 heteroatoms. The van der Waals surface area contributed by atoms with Crippen LogP contribution in [-0.4, -0.2) is 10.2 Å². The minimum Gasteiger partial charge on any atom is -0.503 e. The number of hydrogen-bond acceptors (Lipinski definition) is 4. The van der Waals surface area contributed by atoms with Crippen molar-refractivity contribution in [3.05, 3.63) is 22.8 Å². The maximum Gasteiger partial charge on any atom is 0.205 e. The number of nitrogens with zero attached hydrogens (tertiary/aromatic N) is 2. The van der Waals surface area contributed by atoms with Crippen LogP contribution in [0.15, 0.2) is 0 Å². The molecule has 0 bridgehead atoms. The van der Waals surface area contributed by atoms with Crippen LogP contribution in [0.25, 0.3) is 0 Å². The molecule has 70 valence electrons. The van der Waals surface area contributed by atoms with E-state index < -0.39 is 34.3 Å². The molecule has 2 N–H and O–H groups in total. The van der Waals surface area contributed by atoms with E-state index in [1.54, 1.807) is 0 Å². The van der Waals surface area contributed by atoms with Crippen LogP contribution in [0.3, 0.4) is 0 Å². The van der Waals surface area contributed by atoms with Crippen LogP contribution >= 0.6 is 0 Å². The van der Waals surface area contributed by atoms with Crippen molar-refractivity contribution < 1.29 is 19.0 Å². The van der Waals surface area contributed by atoms with Crippen molar-refractivity contribution >= 4 is 0 Å². The largest absolute Gasteiger partial charge is 0.503 e. The van der Waals surface area contributed by atoms with E-state index in [0.29, 0.717) is 0 Å². The highest BCUT2D eigenvalue weighted by atomic mass is 19.2. The Morgan fingerprint density at radius 1 is 0.857 bits per heavy atom. The van der Waals surface area contributed by atoms with E-state index in [-0.39, 0.29) is 0 Å². The third-order valence-electron chi connectivity index (χ3n) is 1.55. The van der Waals surface area contributed by atoms with Crippen LogP contribution in [0.2, 0.25) is 0 Å². The lowest BCUT2D eigenvalue weighted by molar-refractivity contribution is 0.362. The summed E-state index contributed by atoms with van der Waals surface area (Å²) >= 11 is 0. The summed E-state index contributed by atoms with van der Waals surface area (Å²) in [6.07, 6.45) is 0. The number of phenols is 2. The number of halogens is 2. The average Bonchev–Trinajstić information content (AvgIpc) is 2.20.